The first-order valence-corrected chi connectivity index (χ1v) is 6.66. The van der Waals surface area contributed by atoms with Gasteiger partial charge in [-0.05, 0) is 11.6 Å². The van der Waals surface area contributed by atoms with Crippen LogP contribution in [0.3, 0.4) is 0 Å². The second kappa shape index (κ2) is 9.33. The number of hydrogen-bond donors (Lipinski definition) is 0. The molecule has 0 saturated heterocycles. The fraction of sp³-hybridized carbons (Fsp3) is 0.300. The monoisotopic (exact) mass is 265 g/mol. The summed E-state index contributed by atoms with van der Waals surface area (Å²) in [7, 11) is -3.92. The first-order valence-electron chi connectivity index (χ1n) is 4.46. The zero-order valence-electron chi connectivity index (χ0n) is 9.31. The van der Waals surface area contributed by atoms with Gasteiger partial charge < -0.3 is 4.55 Å². The van der Waals surface area contributed by atoms with Crippen molar-refractivity contribution in [3.8, 4) is 0 Å². The minimum Gasteiger partial charge on any atom is -0.748 e. The molecule has 0 atom stereocenters. The lowest BCUT2D eigenvalue weighted by Gasteiger charge is -1.90. The Bertz CT molecular complexity index is 379. The van der Waals surface area contributed by atoms with Gasteiger partial charge in [0.2, 0.25) is 0 Å². The van der Waals surface area contributed by atoms with Gasteiger partial charge in [0.25, 0.3) is 5.24 Å². The highest BCUT2D eigenvalue weighted by atomic mass is 35.5. The van der Waals surface area contributed by atoms with Crippen LogP contribution < -0.4 is 0 Å². The summed E-state index contributed by atoms with van der Waals surface area (Å²) in [4.78, 5) is 10.4. The van der Waals surface area contributed by atoms with E-state index in [1.165, 1.54) is 0 Å². The molecule has 0 N–H and O–H groups in total. The van der Waals surface area contributed by atoms with Crippen LogP contribution in [0, 0.1) is 0 Å². The molecule has 0 amide bonds. The number of rotatable bonds is 1. The van der Waals surface area contributed by atoms with Crippen molar-refractivity contribution in [2.45, 2.75) is 13.8 Å². The van der Waals surface area contributed by atoms with Gasteiger partial charge in [0, 0.05) is 11.8 Å². The Kier molecular flexibility index (Phi) is 10.2. The number of halogens is 1. The fourth-order valence-electron chi connectivity index (χ4n) is 0.569. The molecule has 0 aliphatic carbocycles. The van der Waals surface area contributed by atoms with Gasteiger partial charge >= 0.3 is 0 Å². The highest BCUT2D eigenvalue weighted by molar-refractivity contribution is 7.84. The highest BCUT2D eigenvalue weighted by Gasteiger charge is 1.95. The summed E-state index contributed by atoms with van der Waals surface area (Å²) in [6.07, 6.45) is 0.604. The Labute approximate surface area is 101 Å². The molecular weight excluding hydrogens is 252 g/mol. The van der Waals surface area contributed by atoms with Crippen LogP contribution in [0.2, 0.25) is 0 Å². The summed E-state index contributed by atoms with van der Waals surface area (Å²) in [5.74, 6) is 0. The maximum absolute atomic E-state index is 10.4. The molecule has 0 heterocycles. The van der Waals surface area contributed by atoms with Crippen LogP contribution in [-0.4, -0.2) is 24.5 Å². The molecule has 0 aliphatic heterocycles. The molecule has 6 heteroatoms. The van der Waals surface area contributed by atoms with Gasteiger partial charge in [0.05, 0.1) is 10.1 Å². The van der Waals surface area contributed by atoms with E-state index < -0.39 is 15.4 Å². The molecule has 16 heavy (non-hydrogen) atoms. The normalized spacial score (nSPS) is 9.06. The van der Waals surface area contributed by atoms with Crippen molar-refractivity contribution >= 4 is 27.0 Å². The lowest BCUT2D eigenvalue weighted by molar-refractivity contribution is 0.108. The van der Waals surface area contributed by atoms with Gasteiger partial charge in [-0.3, -0.25) is 4.79 Å². The largest absolute Gasteiger partial charge is 0.748 e. The van der Waals surface area contributed by atoms with Gasteiger partial charge in [-0.25, -0.2) is 8.42 Å². The predicted molar refractivity (Wildman–Crippen MR) is 63.6 cm³/mol. The Morgan fingerprint density at radius 1 is 1.19 bits per heavy atom. The quantitative estimate of drug-likeness (QED) is 0.577. The first-order chi connectivity index (χ1) is 7.30. The molecule has 1 aromatic carbocycles. The van der Waals surface area contributed by atoms with Crippen molar-refractivity contribution in [1.29, 1.82) is 0 Å². The average molecular weight is 266 g/mol. The summed E-state index contributed by atoms with van der Waals surface area (Å²) in [6, 6.07) is 8.74. The van der Waals surface area contributed by atoms with Crippen LogP contribution in [0.4, 0.5) is 0 Å². The molecule has 92 valence electrons. The van der Waals surface area contributed by atoms with E-state index in [1.54, 1.807) is 24.3 Å². The van der Waals surface area contributed by atoms with Crippen LogP contribution in [0.25, 0.3) is 0 Å². The smallest absolute Gasteiger partial charge is 0.252 e. The van der Waals surface area contributed by atoms with E-state index >= 15 is 0 Å². The fourth-order valence-corrected chi connectivity index (χ4v) is 0.695. The minimum atomic E-state index is -3.92. The molecule has 0 saturated carbocycles. The van der Waals surface area contributed by atoms with Crippen LogP contribution in [0.15, 0.2) is 30.3 Å². The second-order valence-corrected chi connectivity index (χ2v) is 4.10. The van der Waals surface area contributed by atoms with Gasteiger partial charge in [0.1, 0.15) is 0 Å². The zero-order chi connectivity index (χ0) is 13.2. The third-order valence-corrected chi connectivity index (χ3v) is 1.22. The summed E-state index contributed by atoms with van der Waals surface area (Å²) in [5.41, 5.74) is 0.541. The summed E-state index contributed by atoms with van der Waals surface area (Å²) in [5, 5.41) is -0.407. The maximum Gasteiger partial charge on any atom is 0.252 e. The van der Waals surface area contributed by atoms with Gasteiger partial charge in [-0.1, -0.05) is 44.2 Å². The van der Waals surface area contributed by atoms with E-state index in [4.69, 9.17) is 24.6 Å². The minimum absolute atomic E-state index is 0.407. The SMILES string of the molecule is CC.CS(=O)(=O)[O-].O=C(Cl)c1ccccc1. The molecule has 1 rings (SSSR count). The van der Waals surface area contributed by atoms with E-state index in [0.29, 0.717) is 11.8 Å². The van der Waals surface area contributed by atoms with E-state index in [2.05, 4.69) is 0 Å². The van der Waals surface area contributed by atoms with E-state index in [1.807, 2.05) is 19.9 Å². The zero-order valence-corrected chi connectivity index (χ0v) is 10.9. The highest BCUT2D eigenvalue weighted by Crippen LogP contribution is 2.01. The average Bonchev–Trinajstić information content (AvgIpc) is 2.20. The number of hydrogen-bond acceptors (Lipinski definition) is 4. The van der Waals surface area contributed by atoms with Crippen LogP contribution in [0.5, 0.6) is 0 Å². The van der Waals surface area contributed by atoms with Crippen LogP contribution in [0.1, 0.15) is 24.2 Å². The lowest BCUT2D eigenvalue weighted by atomic mass is 10.2. The lowest BCUT2D eigenvalue weighted by Crippen LogP contribution is -1.88. The molecule has 0 aromatic heterocycles. The Balaban J connectivity index is 0. The molecule has 0 radical (unpaired) electrons. The Morgan fingerprint density at radius 3 is 1.69 bits per heavy atom. The molecule has 0 aliphatic rings. The van der Waals surface area contributed by atoms with E-state index in [0.717, 1.165) is 0 Å². The van der Waals surface area contributed by atoms with Crippen molar-refractivity contribution in [2.24, 2.45) is 0 Å². The third kappa shape index (κ3) is 15.6. The van der Waals surface area contributed by atoms with E-state index in [-0.39, 0.29) is 0 Å². The standard InChI is InChI=1S/C7H5ClO.C2H6.CH4O3S/c8-7(9)6-4-2-1-3-5-6;1-2;1-5(2,3)4/h1-5H;1-2H3;1H3,(H,2,3,4)/p-1. The maximum atomic E-state index is 10.4. The van der Waals surface area contributed by atoms with Crippen molar-refractivity contribution in [3.05, 3.63) is 35.9 Å². The second-order valence-electron chi connectivity index (χ2n) is 2.34. The molecule has 0 spiro atoms. The number of carbonyl (C=O) groups excluding carboxylic acids is 1. The molecule has 0 fully saturated rings. The van der Waals surface area contributed by atoms with E-state index in [9.17, 15) is 4.79 Å². The van der Waals surface area contributed by atoms with Crippen molar-refractivity contribution in [3.63, 3.8) is 0 Å². The van der Waals surface area contributed by atoms with Crippen molar-refractivity contribution in [1.82, 2.24) is 0 Å². The van der Waals surface area contributed by atoms with Gasteiger partial charge in [-0.15, -0.1) is 0 Å². The predicted octanol–water partition coefficient (Wildman–Crippen LogP) is 2.25. The summed E-state index contributed by atoms with van der Waals surface area (Å²) in [6.45, 7) is 4.00. The molecule has 0 unspecified atom stereocenters. The third-order valence-electron chi connectivity index (χ3n) is 1.00. The Hall–Kier alpha value is -0.910. The van der Waals surface area contributed by atoms with Crippen molar-refractivity contribution in [2.75, 3.05) is 6.26 Å². The first kappa shape index (κ1) is 17.5. The van der Waals surface area contributed by atoms with Crippen molar-refractivity contribution < 1.29 is 17.8 Å². The van der Waals surface area contributed by atoms with Gasteiger partial charge in [0.15, 0.2) is 0 Å². The molecule has 4 nitrogen and oxygen atoms in total. The van der Waals surface area contributed by atoms with Crippen LogP contribution >= 0.6 is 11.6 Å². The number of carbonyl (C=O) groups is 1. The number of benzene rings is 1. The summed E-state index contributed by atoms with van der Waals surface area (Å²) < 4.78 is 27.2. The molecular formula is C10H14ClO4S-. The molecule has 0 bridgehead atoms. The topological polar surface area (TPSA) is 74.3 Å². The summed E-state index contributed by atoms with van der Waals surface area (Å²) >= 11 is 5.16. The van der Waals surface area contributed by atoms with Gasteiger partial charge in [-0.2, -0.15) is 0 Å². The molecule has 1 aromatic rings. The van der Waals surface area contributed by atoms with Crippen LogP contribution in [-0.2, 0) is 10.1 Å². The Morgan fingerprint density at radius 2 is 1.50 bits per heavy atom.